The number of amides is 1. The standard InChI is InChI=1S/C25H42N2O4/c1-3-5-6-7-11-18-30-23-14-12-13-22(19-23)26-25(28)31-24(21-29-17-4-2)20-27-15-9-8-10-16-27/h12-14,19,24H,3-11,15-18,20-21H2,1-2H3,(H,26,28). The van der Waals surface area contributed by atoms with Gasteiger partial charge in [-0.05, 0) is 50.9 Å². The number of hydrogen-bond donors (Lipinski definition) is 1. The average Bonchev–Trinajstić information content (AvgIpc) is 2.77. The van der Waals surface area contributed by atoms with Gasteiger partial charge < -0.3 is 14.2 Å². The van der Waals surface area contributed by atoms with Gasteiger partial charge in [-0.15, -0.1) is 0 Å². The quantitative estimate of drug-likeness (QED) is 0.350. The molecule has 1 atom stereocenters. The summed E-state index contributed by atoms with van der Waals surface area (Å²) in [5.41, 5.74) is 0.680. The number of carbonyl (C=O) groups excluding carboxylic acids is 1. The molecule has 1 fully saturated rings. The fourth-order valence-corrected chi connectivity index (χ4v) is 3.77. The van der Waals surface area contributed by atoms with Crippen LogP contribution in [-0.2, 0) is 9.47 Å². The van der Waals surface area contributed by atoms with Crippen molar-refractivity contribution in [1.29, 1.82) is 0 Å². The van der Waals surface area contributed by atoms with Gasteiger partial charge in [-0.3, -0.25) is 10.2 Å². The molecule has 2 rings (SSSR count). The third-order valence-corrected chi connectivity index (χ3v) is 5.43. The van der Waals surface area contributed by atoms with Gasteiger partial charge >= 0.3 is 6.09 Å². The number of carbonyl (C=O) groups is 1. The number of hydrogen-bond acceptors (Lipinski definition) is 5. The van der Waals surface area contributed by atoms with E-state index in [1.807, 2.05) is 24.3 Å². The molecule has 1 N–H and O–H groups in total. The minimum absolute atomic E-state index is 0.271. The van der Waals surface area contributed by atoms with Gasteiger partial charge in [0.25, 0.3) is 0 Å². The minimum Gasteiger partial charge on any atom is -0.494 e. The normalized spacial score (nSPS) is 15.4. The van der Waals surface area contributed by atoms with Gasteiger partial charge in [0.05, 0.1) is 13.2 Å². The molecule has 1 amide bonds. The summed E-state index contributed by atoms with van der Waals surface area (Å²) in [6.07, 6.45) is 9.96. The number of likely N-dealkylation sites (tertiary alicyclic amines) is 1. The van der Waals surface area contributed by atoms with Crippen LogP contribution < -0.4 is 10.1 Å². The zero-order valence-corrected chi connectivity index (χ0v) is 19.6. The Kier molecular flexibility index (Phi) is 13.1. The summed E-state index contributed by atoms with van der Waals surface area (Å²) >= 11 is 0. The van der Waals surface area contributed by atoms with Crippen molar-refractivity contribution >= 4 is 11.8 Å². The maximum Gasteiger partial charge on any atom is 0.412 e. The van der Waals surface area contributed by atoms with Crippen molar-refractivity contribution < 1.29 is 19.0 Å². The predicted octanol–water partition coefficient (Wildman–Crippen LogP) is 5.87. The van der Waals surface area contributed by atoms with Crippen molar-refractivity contribution in [1.82, 2.24) is 4.90 Å². The first kappa shape index (κ1) is 25.5. The number of nitrogens with zero attached hydrogens (tertiary/aromatic N) is 1. The molecule has 1 unspecified atom stereocenters. The van der Waals surface area contributed by atoms with E-state index in [1.165, 1.54) is 44.9 Å². The number of nitrogens with one attached hydrogen (secondary N) is 1. The first-order valence-electron chi connectivity index (χ1n) is 12.2. The number of rotatable bonds is 15. The lowest BCUT2D eigenvalue weighted by Crippen LogP contribution is -2.41. The molecule has 31 heavy (non-hydrogen) atoms. The topological polar surface area (TPSA) is 60.0 Å². The Balaban J connectivity index is 1.79. The average molecular weight is 435 g/mol. The van der Waals surface area contributed by atoms with Crippen molar-refractivity contribution in [3.63, 3.8) is 0 Å². The number of anilines is 1. The summed E-state index contributed by atoms with van der Waals surface area (Å²) in [7, 11) is 0. The summed E-state index contributed by atoms with van der Waals surface area (Å²) in [6, 6.07) is 7.50. The summed E-state index contributed by atoms with van der Waals surface area (Å²) in [5.74, 6) is 0.768. The van der Waals surface area contributed by atoms with E-state index in [-0.39, 0.29) is 6.10 Å². The highest BCUT2D eigenvalue weighted by atomic mass is 16.6. The van der Waals surface area contributed by atoms with Crippen molar-refractivity contribution in [2.75, 3.05) is 44.8 Å². The highest BCUT2D eigenvalue weighted by molar-refractivity contribution is 5.85. The molecule has 0 radical (unpaired) electrons. The fourth-order valence-electron chi connectivity index (χ4n) is 3.77. The zero-order chi connectivity index (χ0) is 22.2. The van der Waals surface area contributed by atoms with Gasteiger partial charge in [-0.1, -0.05) is 52.0 Å². The number of ether oxygens (including phenoxy) is 3. The maximum absolute atomic E-state index is 12.5. The summed E-state index contributed by atoms with van der Waals surface area (Å²) in [6.45, 7) is 8.95. The van der Waals surface area contributed by atoms with E-state index in [4.69, 9.17) is 14.2 Å². The third-order valence-electron chi connectivity index (χ3n) is 5.43. The molecular weight excluding hydrogens is 392 g/mol. The van der Waals surface area contributed by atoms with Crippen LogP contribution >= 0.6 is 0 Å². The first-order chi connectivity index (χ1) is 15.2. The summed E-state index contributed by atoms with van der Waals surface area (Å²) in [5, 5.41) is 2.84. The third kappa shape index (κ3) is 11.4. The SMILES string of the molecule is CCCCCCCOc1cccc(NC(=O)OC(COCCC)CN2CCCCC2)c1. The van der Waals surface area contributed by atoms with Gasteiger partial charge in [0.2, 0.25) is 0 Å². The minimum atomic E-state index is -0.446. The van der Waals surface area contributed by atoms with Crippen LogP contribution in [0.5, 0.6) is 5.75 Å². The second-order valence-corrected chi connectivity index (χ2v) is 8.38. The van der Waals surface area contributed by atoms with E-state index in [0.29, 0.717) is 25.5 Å². The Morgan fingerprint density at radius 1 is 1.03 bits per heavy atom. The predicted molar refractivity (Wildman–Crippen MR) is 126 cm³/mol. The maximum atomic E-state index is 12.5. The van der Waals surface area contributed by atoms with Crippen LogP contribution in [0.15, 0.2) is 24.3 Å². The van der Waals surface area contributed by atoms with Gasteiger partial charge in [0, 0.05) is 24.9 Å². The molecule has 6 heteroatoms. The zero-order valence-electron chi connectivity index (χ0n) is 19.6. The van der Waals surface area contributed by atoms with Crippen LogP contribution in [-0.4, -0.2) is 56.6 Å². The van der Waals surface area contributed by atoms with E-state index in [0.717, 1.165) is 38.2 Å². The van der Waals surface area contributed by atoms with Crippen LogP contribution in [0.1, 0.15) is 71.6 Å². The van der Waals surface area contributed by atoms with Gasteiger partial charge in [-0.2, -0.15) is 0 Å². The molecule has 0 spiro atoms. The molecule has 1 aliphatic heterocycles. The Morgan fingerprint density at radius 3 is 2.61 bits per heavy atom. The molecule has 0 aliphatic carbocycles. The number of unbranched alkanes of at least 4 members (excludes halogenated alkanes) is 4. The van der Waals surface area contributed by atoms with Crippen molar-refractivity contribution in [2.24, 2.45) is 0 Å². The van der Waals surface area contributed by atoms with Crippen molar-refractivity contribution in [2.45, 2.75) is 77.7 Å². The molecule has 1 aromatic carbocycles. The molecule has 1 heterocycles. The smallest absolute Gasteiger partial charge is 0.412 e. The van der Waals surface area contributed by atoms with Crippen molar-refractivity contribution in [3.05, 3.63) is 24.3 Å². The van der Waals surface area contributed by atoms with Gasteiger partial charge in [-0.25, -0.2) is 4.79 Å². The van der Waals surface area contributed by atoms with E-state index in [9.17, 15) is 4.79 Å². The fraction of sp³-hybridized carbons (Fsp3) is 0.720. The van der Waals surface area contributed by atoms with Crippen molar-refractivity contribution in [3.8, 4) is 5.75 Å². The van der Waals surface area contributed by atoms with Gasteiger partial charge in [0.1, 0.15) is 11.9 Å². The molecule has 0 aromatic heterocycles. The lowest BCUT2D eigenvalue weighted by atomic mass is 10.1. The Morgan fingerprint density at radius 2 is 1.84 bits per heavy atom. The van der Waals surface area contributed by atoms with E-state index >= 15 is 0 Å². The second kappa shape index (κ2) is 15.9. The van der Waals surface area contributed by atoms with E-state index < -0.39 is 6.09 Å². The molecule has 1 saturated heterocycles. The molecular formula is C25H42N2O4. The number of piperidine rings is 1. The Labute approximate surface area is 188 Å². The van der Waals surface area contributed by atoms with Crippen LogP contribution in [0.4, 0.5) is 10.5 Å². The molecule has 0 saturated carbocycles. The van der Waals surface area contributed by atoms with Crippen LogP contribution in [0.25, 0.3) is 0 Å². The summed E-state index contributed by atoms with van der Waals surface area (Å²) in [4.78, 5) is 14.9. The second-order valence-electron chi connectivity index (χ2n) is 8.38. The Bertz CT molecular complexity index is 605. The molecule has 176 valence electrons. The van der Waals surface area contributed by atoms with E-state index in [2.05, 4.69) is 24.1 Å². The van der Waals surface area contributed by atoms with Crippen LogP contribution in [0, 0.1) is 0 Å². The lowest BCUT2D eigenvalue weighted by Gasteiger charge is -2.30. The van der Waals surface area contributed by atoms with E-state index in [1.54, 1.807) is 0 Å². The molecule has 1 aliphatic rings. The summed E-state index contributed by atoms with van der Waals surface area (Å²) < 4.78 is 17.2. The van der Waals surface area contributed by atoms with Gasteiger partial charge in [0.15, 0.2) is 0 Å². The molecule has 1 aromatic rings. The van der Waals surface area contributed by atoms with Crippen LogP contribution in [0.3, 0.4) is 0 Å². The molecule has 0 bridgehead atoms. The molecule has 6 nitrogen and oxygen atoms in total. The lowest BCUT2D eigenvalue weighted by molar-refractivity contribution is 0.00489. The number of benzene rings is 1. The monoisotopic (exact) mass is 434 g/mol. The first-order valence-corrected chi connectivity index (χ1v) is 12.2. The van der Waals surface area contributed by atoms with Crippen LogP contribution in [0.2, 0.25) is 0 Å². The largest absolute Gasteiger partial charge is 0.494 e. The highest BCUT2D eigenvalue weighted by Gasteiger charge is 2.20. The highest BCUT2D eigenvalue weighted by Crippen LogP contribution is 2.19. The Hall–Kier alpha value is -1.79.